The maximum Gasteiger partial charge on any atom is 0.231 e. The highest BCUT2D eigenvalue weighted by molar-refractivity contribution is 5.89. The van der Waals surface area contributed by atoms with Crippen molar-refractivity contribution in [2.24, 2.45) is 0 Å². The Hall–Kier alpha value is -3.02. The summed E-state index contributed by atoms with van der Waals surface area (Å²) in [6, 6.07) is 13.8. The van der Waals surface area contributed by atoms with Crippen LogP contribution in [0.3, 0.4) is 0 Å². The maximum atomic E-state index is 5.39. The van der Waals surface area contributed by atoms with Gasteiger partial charge in [0.05, 0.1) is 5.52 Å². The van der Waals surface area contributed by atoms with Crippen molar-refractivity contribution in [1.82, 2.24) is 9.97 Å². The fraction of sp³-hybridized carbons (Fsp3) is 0.176. The lowest BCUT2D eigenvalue weighted by Gasteiger charge is -2.10. The van der Waals surface area contributed by atoms with E-state index in [2.05, 4.69) is 20.6 Å². The second-order valence-corrected chi connectivity index (χ2v) is 5.20. The number of benzene rings is 2. The minimum Gasteiger partial charge on any atom is -0.454 e. The summed E-state index contributed by atoms with van der Waals surface area (Å²) < 4.78 is 10.7. The summed E-state index contributed by atoms with van der Waals surface area (Å²) in [4.78, 5) is 9.07. The molecule has 0 aliphatic carbocycles. The summed E-state index contributed by atoms with van der Waals surface area (Å²) in [5.74, 6) is 2.96. The largest absolute Gasteiger partial charge is 0.454 e. The summed E-state index contributed by atoms with van der Waals surface area (Å²) in [5.41, 5.74) is 1.98. The van der Waals surface area contributed by atoms with Crippen LogP contribution in [0.4, 0.5) is 11.8 Å². The highest BCUT2D eigenvalue weighted by atomic mass is 16.7. The summed E-state index contributed by atoms with van der Waals surface area (Å²) in [7, 11) is 1.86. The van der Waals surface area contributed by atoms with Crippen LogP contribution in [0.15, 0.2) is 42.5 Å². The fourth-order valence-electron chi connectivity index (χ4n) is 2.58. The highest BCUT2D eigenvalue weighted by Crippen LogP contribution is 2.32. The lowest BCUT2D eigenvalue weighted by Crippen LogP contribution is -2.06. The van der Waals surface area contributed by atoms with E-state index >= 15 is 0 Å². The average Bonchev–Trinajstić information content (AvgIpc) is 3.07. The predicted octanol–water partition coefficient (Wildman–Crippen LogP) is 3.01. The first kappa shape index (κ1) is 13.6. The Morgan fingerprint density at radius 2 is 1.91 bits per heavy atom. The van der Waals surface area contributed by atoms with Crippen LogP contribution >= 0.6 is 0 Å². The Labute approximate surface area is 133 Å². The van der Waals surface area contributed by atoms with Crippen molar-refractivity contribution < 1.29 is 9.47 Å². The molecule has 0 fully saturated rings. The molecule has 2 heterocycles. The highest BCUT2D eigenvalue weighted by Gasteiger charge is 2.13. The number of hydrogen-bond donors (Lipinski definition) is 2. The molecule has 0 saturated heterocycles. The second kappa shape index (κ2) is 5.64. The molecular formula is C17H16N4O2. The van der Waals surface area contributed by atoms with E-state index in [1.54, 1.807) is 0 Å². The predicted molar refractivity (Wildman–Crippen MR) is 89.0 cm³/mol. The molecule has 1 aliphatic heterocycles. The lowest BCUT2D eigenvalue weighted by molar-refractivity contribution is 0.174. The Bertz CT molecular complexity index is 866. The molecule has 2 N–H and O–H groups in total. The van der Waals surface area contributed by atoms with Crippen LogP contribution in [0.2, 0.25) is 0 Å². The standard InChI is InChI=1S/C17H16N4O2/c1-18-16-12-4-2-3-5-13(12)20-17(21-16)19-9-11-6-7-14-15(8-11)23-10-22-14/h2-8H,9-10H2,1H3,(H2,18,19,20,21). The molecule has 0 atom stereocenters. The number of ether oxygens (including phenoxy) is 2. The minimum absolute atomic E-state index is 0.283. The van der Waals surface area contributed by atoms with Gasteiger partial charge >= 0.3 is 0 Å². The summed E-state index contributed by atoms with van der Waals surface area (Å²) in [5, 5.41) is 7.38. The van der Waals surface area contributed by atoms with Crippen molar-refractivity contribution in [3.8, 4) is 11.5 Å². The minimum atomic E-state index is 0.283. The third-order valence-electron chi connectivity index (χ3n) is 3.73. The molecule has 0 radical (unpaired) electrons. The number of nitrogens with one attached hydrogen (secondary N) is 2. The summed E-state index contributed by atoms with van der Waals surface area (Å²) in [6.45, 7) is 0.893. The number of rotatable bonds is 4. The number of fused-ring (bicyclic) bond motifs is 2. The summed E-state index contributed by atoms with van der Waals surface area (Å²) in [6.07, 6.45) is 0. The number of para-hydroxylation sites is 1. The van der Waals surface area contributed by atoms with Crippen LogP contribution in [-0.2, 0) is 6.54 Å². The summed E-state index contributed by atoms with van der Waals surface area (Å²) >= 11 is 0. The van der Waals surface area contributed by atoms with Crippen molar-refractivity contribution in [3.63, 3.8) is 0 Å². The van der Waals surface area contributed by atoms with Gasteiger partial charge in [0.1, 0.15) is 5.82 Å². The van der Waals surface area contributed by atoms with Gasteiger partial charge in [-0.15, -0.1) is 0 Å². The van der Waals surface area contributed by atoms with Crippen molar-refractivity contribution in [1.29, 1.82) is 0 Å². The molecule has 1 aromatic heterocycles. The molecule has 6 heteroatoms. The van der Waals surface area contributed by atoms with Gasteiger partial charge in [-0.05, 0) is 29.8 Å². The Morgan fingerprint density at radius 1 is 1.04 bits per heavy atom. The topological polar surface area (TPSA) is 68.3 Å². The van der Waals surface area contributed by atoms with E-state index in [0.29, 0.717) is 12.5 Å². The van der Waals surface area contributed by atoms with E-state index in [9.17, 15) is 0 Å². The number of nitrogens with zero attached hydrogens (tertiary/aromatic N) is 2. The van der Waals surface area contributed by atoms with Gasteiger partial charge < -0.3 is 20.1 Å². The number of anilines is 2. The van der Waals surface area contributed by atoms with Crippen molar-refractivity contribution in [2.45, 2.75) is 6.54 Å². The van der Waals surface area contributed by atoms with Gasteiger partial charge in [-0.1, -0.05) is 18.2 Å². The molecule has 6 nitrogen and oxygen atoms in total. The SMILES string of the molecule is CNc1nc(NCc2ccc3c(c2)OCO3)nc2ccccc12. The third-order valence-corrected chi connectivity index (χ3v) is 3.73. The number of aromatic nitrogens is 2. The average molecular weight is 308 g/mol. The van der Waals surface area contributed by atoms with Crippen molar-refractivity contribution >= 4 is 22.7 Å². The molecule has 4 rings (SSSR count). The molecule has 1 aliphatic rings. The Balaban J connectivity index is 1.58. The first-order valence-corrected chi connectivity index (χ1v) is 7.40. The Kier molecular flexibility index (Phi) is 3.34. The van der Waals surface area contributed by atoms with Crippen molar-refractivity contribution in [2.75, 3.05) is 24.5 Å². The van der Waals surface area contributed by atoms with Gasteiger partial charge in [-0.3, -0.25) is 0 Å². The van der Waals surface area contributed by atoms with Crippen LogP contribution in [0.5, 0.6) is 11.5 Å². The molecular weight excluding hydrogens is 292 g/mol. The zero-order valence-electron chi connectivity index (χ0n) is 12.7. The smallest absolute Gasteiger partial charge is 0.231 e. The van der Waals surface area contributed by atoms with Crippen LogP contribution in [0.1, 0.15) is 5.56 Å². The van der Waals surface area contributed by atoms with E-state index in [0.717, 1.165) is 33.8 Å². The molecule has 23 heavy (non-hydrogen) atoms. The fourth-order valence-corrected chi connectivity index (χ4v) is 2.58. The molecule has 2 aromatic carbocycles. The molecule has 0 saturated carbocycles. The van der Waals surface area contributed by atoms with Gasteiger partial charge in [-0.25, -0.2) is 4.98 Å². The second-order valence-electron chi connectivity index (χ2n) is 5.20. The van der Waals surface area contributed by atoms with E-state index in [1.807, 2.05) is 49.5 Å². The van der Waals surface area contributed by atoms with Gasteiger partial charge in [0.25, 0.3) is 0 Å². The van der Waals surface area contributed by atoms with Gasteiger partial charge in [0, 0.05) is 19.0 Å². The zero-order chi connectivity index (χ0) is 15.6. The monoisotopic (exact) mass is 308 g/mol. The van der Waals surface area contributed by atoms with E-state index in [4.69, 9.17) is 9.47 Å². The lowest BCUT2D eigenvalue weighted by atomic mass is 10.2. The van der Waals surface area contributed by atoms with E-state index in [1.165, 1.54) is 0 Å². The van der Waals surface area contributed by atoms with Gasteiger partial charge in [0.15, 0.2) is 11.5 Å². The molecule has 0 amide bonds. The van der Waals surface area contributed by atoms with Gasteiger partial charge in [-0.2, -0.15) is 4.98 Å². The van der Waals surface area contributed by atoms with E-state index < -0.39 is 0 Å². The van der Waals surface area contributed by atoms with Crippen LogP contribution in [0, 0.1) is 0 Å². The number of hydrogen-bond acceptors (Lipinski definition) is 6. The first-order valence-electron chi connectivity index (χ1n) is 7.40. The Morgan fingerprint density at radius 3 is 2.83 bits per heavy atom. The van der Waals surface area contributed by atoms with Crippen LogP contribution in [-0.4, -0.2) is 23.8 Å². The van der Waals surface area contributed by atoms with Crippen molar-refractivity contribution in [3.05, 3.63) is 48.0 Å². The van der Waals surface area contributed by atoms with Crippen LogP contribution in [0.25, 0.3) is 10.9 Å². The van der Waals surface area contributed by atoms with Crippen LogP contribution < -0.4 is 20.1 Å². The molecule has 3 aromatic rings. The van der Waals surface area contributed by atoms with Gasteiger partial charge in [0.2, 0.25) is 12.7 Å². The molecule has 0 bridgehead atoms. The molecule has 116 valence electrons. The molecule has 0 spiro atoms. The van der Waals surface area contributed by atoms with E-state index in [-0.39, 0.29) is 6.79 Å². The first-order chi connectivity index (χ1) is 11.3. The zero-order valence-corrected chi connectivity index (χ0v) is 12.7. The maximum absolute atomic E-state index is 5.39. The quantitative estimate of drug-likeness (QED) is 0.772. The third kappa shape index (κ3) is 2.59. The molecule has 0 unspecified atom stereocenters. The normalized spacial score (nSPS) is 12.4.